The van der Waals surface area contributed by atoms with Crippen molar-refractivity contribution in [2.24, 2.45) is 11.7 Å². The van der Waals surface area contributed by atoms with Gasteiger partial charge in [-0.3, -0.25) is 0 Å². The average molecular weight is 331 g/mol. The summed E-state index contributed by atoms with van der Waals surface area (Å²) < 4.78 is 64.8. The normalized spacial score (nSPS) is 19.9. The topological polar surface area (TPSA) is 63.4 Å². The molecular weight excluding hydrogens is 317 g/mol. The van der Waals surface area contributed by atoms with E-state index in [4.69, 9.17) is 5.73 Å². The molecule has 1 unspecified atom stereocenters. The van der Waals surface area contributed by atoms with Crippen molar-refractivity contribution >= 4 is 22.4 Å². The number of sulfonamides is 1. The molecule has 1 fully saturated rings. The molecule has 9 heteroatoms. The van der Waals surface area contributed by atoms with Crippen molar-refractivity contribution in [3.05, 3.63) is 29.6 Å². The minimum absolute atomic E-state index is 0. The molecule has 2 rings (SSSR count). The van der Waals surface area contributed by atoms with Crippen LogP contribution in [0.2, 0.25) is 0 Å². The predicted octanol–water partition coefficient (Wildman–Crippen LogP) is 1.50. The van der Waals surface area contributed by atoms with Gasteiger partial charge in [0.05, 0.1) is 0 Å². The van der Waals surface area contributed by atoms with Crippen molar-refractivity contribution in [1.82, 2.24) is 4.31 Å². The zero-order chi connectivity index (χ0) is 14.2. The number of benzene rings is 1. The lowest BCUT2D eigenvalue weighted by Gasteiger charge is -2.17. The molecule has 1 atom stereocenters. The summed E-state index contributed by atoms with van der Waals surface area (Å²) in [6, 6.07) is 1.33. The first-order valence-corrected chi connectivity index (χ1v) is 7.15. The van der Waals surface area contributed by atoms with Crippen LogP contribution in [0.3, 0.4) is 0 Å². The molecule has 1 aliphatic heterocycles. The van der Waals surface area contributed by atoms with Crippen molar-refractivity contribution in [3.63, 3.8) is 0 Å². The van der Waals surface area contributed by atoms with E-state index in [1.165, 1.54) is 0 Å². The largest absolute Gasteiger partial charge is 0.330 e. The molecule has 0 aliphatic carbocycles. The molecule has 1 aromatic carbocycles. The molecule has 0 amide bonds. The zero-order valence-corrected chi connectivity index (χ0v) is 12.0. The second-order valence-corrected chi connectivity index (χ2v) is 6.33. The minimum Gasteiger partial charge on any atom is -0.330 e. The first-order valence-electron chi connectivity index (χ1n) is 5.71. The van der Waals surface area contributed by atoms with Crippen molar-refractivity contribution in [3.8, 4) is 0 Å². The molecule has 0 bridgehead atoms. The highest BCUT2D eigenvalue weighted by Gasteiger charge is 2.34. The first-order chi connectivity index (χ1) is 8.87. The van der Waals surface area contributed by atoms with Crippen LogP contribution in [0.25, 0.3) is 0 Å². The van der Waals surface area contributed by atoms with Crippen LogP contribution in [0.5, 0.6) is 0 Å². The Morgan fingerprint density at radius 3 is 2.45 bits per heavy atom. The lowest BCUT2D eigenvalue weighted by Crippen LogP contribution is -2.30. The van der Waals surface area contributed by atoms with Gasteiger partial charge >= 0.3 is 0 Å². The van der Waals surface area contributed by atoms with Crippen molar-refractivity contribution in [1.29, 1.82) is 0 Å². The van der Waals surface area contributed by atoms with Gasteiger partial charge in [-0.15, -0.1) is 12.4 Å². The van der Waals surface area contributed by atoms with Crippen LogP contribution >= 0.6 is 12.4 Å². The maximum Gasteiger partial charge on any atom is 0.246 e. The fourth-order valence-electron chi connectivity index (χ4n) is 2.05. The molecule has 2 N–H and O–H groups in total. The van der Waals surface area contributed by atoms with E-state index in [-0.39, 0.29) is 31.4 Å². The van der Waals surface area contributed by atoms with E-state index in [0.29, 0.717) is 19.0 Å². The molecule has 0 spiro atoms. The fraction of sp³-hybridized carbons (Fsp3) is 0.455. The Balaban J connectivity index is 0.00000200. The predicted molar refractivity (Wildman–Crippen MR) is 69.5 cm³/mol. The maximum atomic E-state index is 13.5. The van der Waals surface area contributed by atoms with Crippen LogP contribution in [0.4, 0.5) is 13.2 Å². The summed E-state index contributed by atoms with van der Waals surface area (Å²) in [6.07, 6.45) is 0.570. The third-order valence-corrected chi connectivity index (χ3v) is 5.08. The molecule has 1 aliphatic rings. The van der Waals surface area contributed by atoms with Crippen molar-refractivity contribution in [2.45, 2.75) is 11.3 Å². The molecule has 20 heavy (non-hydrogen) atoms. The van der Waals surface area contributed by atoms with Crippen LogP contribution < -0.4 is 5.73 Å². The molecule has 114 valence electrons. The molecule has 1 saturated heterocycles. The number of nitrogens with zero attached hydrogens (tertiary/aromatic N) is 1. The van der Waals surface area contributed by atoms with E-state index in [1.54, 1.807) is 0 Å². The molecule has 4 nitrogen and oxygen atoms in total. The summed E-state index contributed by atoms with van der Waals surface area (Å²) in [5.41, 5.74) is 5.45. The molecule has 1 heterocycles. The van der Waals surface area contributed by atoms with Crippen LogP contribution in [0.15, 0.2) is 17.0 Å². The van der Waals surface area contributed by atoms with Crippen LogP contribution in [0.1, 0.15) is 6.42 Å². The lowest BCUT2D eigenvalue weighted by molar-refractivity contribution is 0.420. The van der Waals surface area contributed by atoms with Gasteiger partial charge in [-0.2, -0.15) is 4.31 Å². The quantitative estimate of drug-likeness (QED) is 0.854. The average Bonchev–Trinajstić information content (AvgIpc) is 2.85. The summed E-state index contributed by atoms with van der Waals surface area (Å²) in [7, 11) is -4.16. The Hall–Kier alpha value is -0.830. The first kappa shape index (κ1) is 17.2. The number of nitrogens with two attached hydrogens (primary N) is 1. The number of rotatable bonds is 3. The van der Waals surface area contributed by atoms with Gasteiger partial charge in [0.2, 0.25) is 10.0 Å². The lowest BCUT2D eigenvalue weighted by atomic mass is 10.1. The van der Waals surface area contributed by atoms with Gasteiger partial charge in [0.25, 0.3) is 0 Å². The molecular formula is C11H14ClF3N2O2S. The van der Waals surface area contributed by atoms with Gasteiger partial charge in [-0.1, -0.05) is 0 Å². The summed E-state index contributed by atoms with van der Waals surface area (Å²) in [6.45, 7) is 0.687. The van der Waals surface area contributed by atoms with E-state index >= 15 is 0 Å². The standard InChI is InChI=1S/C11H13F3N2O2S.ClH/c12-8-1-2-9(11(14)10(8)13)19(17,18)16-4-3-7(5-15)6-16;/h1-2,7H,3-6,15H2;1H. The highest BCUT2D eigenvalue weighted by Crippen LogP contribution is 2.27. The van der Waals surface area contributed by atoms with Gasteiger partial charge in [-0.05, 0) is 31.0 Å². The number of hydrogen-bond donors (Lipinski definition) is 1. The Kier molecular flexibility index (Phi) is 5.42. The summed E-state index contributed by atoms with van der Waals surface area (Å²) in [4.78, 5) is -0.843. The van der Waals surface area contributed by atoms with Gasteiger partial charge in [0.1, 0.15) is 4.90 Å². The zero-order valence-electron chi connectivity index (χ0n) is 10.4. The second kappa shape index (κ2) is 6.30. The Bertz CT molecular complexity index is 598. The molecule has 1 aromatic rings. The smallest absolute Gasteiger partial charge is 0.246 e. The fourth-order valence-corrected chi connectivity index (χ4v) is 3.64. The van der Waals surface area contributed by atoms with Crippen LogP contribution in [-0.2, 0) is 10.0 Å². The van der Waals surface area contributed by atoms with Gasteiger partial charge in [-0.25, -0.2) is 21.6 Å². The van der Waals surface area contributed by atoms with Gasteiger partial charge in [0, 0.05) is 13.1 Å². The SMILES string of the molecule is Cl.NCC1CCN(S(=O)(=O)c2ccc(F)c(F)c2F)C1. The number of hydrogen-bond acceptors (Lipinski definition) is 3. The molecule has 0 radical (unpaired) electrons. The number of halogens is 4. The summed E-state index contributed by atoms with van der Waals surface area (Å²) in [5, 5.41) is 0. The third-order valence-electron chi connectivity index (χ3n) is 3.20. The minimum atomic E-state index is -4.16. The molecule has 0 saturated carbocycles. The highest BCUT2D eigenvalue weighted by atomic mass is 35.5. The van der Waals surface area contributed by atoms with E-state index in [1.807, 2.05) is 0 Å². The Morgan fingerprint density at radius 2 is 1.90 bits per heavy atom. The second-order valence-electron chi connectivity index (χ2n) is 4.43. The monoisotopic (exact) mass is 330 g/mol. The van der Waals surface area contributed by atoms with Crippen molar-refractivity contribution < 1.29 is 21.6 Å². The van der Waals surface area contributed by atoms with Crippen molar-refractivity contribution in [2.75, 3.05) is 19.6 Å². The van der Waals surface area contributed by atoms with E-state index in [0.717, 1.165) is 10.4 Å². The van der Waals surface area contributed by atoms with E-state index in [9.17, 15) is 21.6 Å². The summed E-state index contributed by atoms with van der Waals surface area (Å²) >= 11 is 0. The van der Waals surface area contributed by atoms with E-state index < -0.39 is 32.4 Å². The third kappa shape index (κ3) is 2.93. The van der Waals surface area contributed by atoms with Crippen LogP contribution in [-0.4, -0.2) is 32.4 Å². The summed E-state index contributed by atoms with van der Waals surface area (Å²) in [5.74, 6) is -4.88. The van der Waals surface area contributed by atoms with Gasteiger partial charge < -0.3 is 5.73 Å². The maximum absolute atomic E-state index is 13.5. The Labute approximate surface area is 121 Å². The molecule has 0 aromatic heterocycles. The van der Waals surface area contributed by atoms with Gasteiger partial charge in [0.15, 0.2) is 17.5 Å². The van der Waals surface area contributed by atoms with Crippen LogP contribution in [0, 0.1) is 23.4 Å². The van der Waals surface area contributed by atoms with E-state index in [2.05, 4.69) is 0 Å². The highest BCUT2D eigenvalue weighted by molar-refractivity contribution is 7.89. The Morgan fingerprint density at radius 1 is 1.25 bits per heavy atom.